The number of nitrogens with one attached hydrogen (secondary N) is 1. The van der Waals surface area contributed by atoms with Crippen molar-refractivity contribution in [2.75, 3.05) is 18.1 Å². The standard InChI is InChI=1S/C17H22N4O2S.C8H7F3/c1-5-15(22)11-24-12(3)20-17(23)21-14-9-7-13(8-10-14)16(18-4)19-6-2;1-6-4-2-3-5-7(6)8(9,10)11/h6-10H,5,11H2,1-4H3,(H,21,23);2-5H,1H3/b18-16?,19-6?,20-12-;. The molecule has 0 fully saturated rings. The minimum absolute atomic E-state index is 0.133. The molecule has 0 heterocycles. The van der Waals surface area contributed by atoms with E-state index >= 15 is 0 Å². The Kier molecular flexibility index (Phi) is 12.6. The summed E-state index contributed by atoms with van der Waals surface area (Å²) < 4.78 is 36.1. The maximum Gasteiger partial charge on any atom is 0.416 e. The summed E-state index contributed by atoms with van der Waals surface area (Å²) in [5, 5.41) is 3.25. The number of thioether (sulfide) groups is 1. The first kappa shape index (κ1) is 29.8. The molecule has 0 aliphatic rings. The third-order valence-electron chi connectivity index (χ3n) is 4.40. The van der Waals surface area contributed by atoms with Crippen LogP contribution >= 0.6 is 11.8 Å². The molecule has 0 saturated heterocycles. The van der Waals surface area contributed by atoms with E-state index in [2.05, 4.69) is 20.3 Å². The van der Waals surface area contributed by atoms with Crippen molar-refractivity contribution in [3.05, 3.63) is 65.2 Å². The van der Waals surface area contributed by atoms with Crippen LogP contribution < -0.4 is 5.32 Å². The van der Waals surface area contributed by atoms with Crippen LogP contribution in [-0.4, -0.2) is 41.7 Å². The fraction of sp³-hybridized carbons (Fsp3) is 0.320. The van der Waals surface area contributed by atoms with Crippen LogP contribution in [0.2, 0.25) is 0 Å². The second-order valence-corrected chi connectivity index (χ2v) is 8.23. The number of carbonyl (C=O) groups is 2. The van der Waals surface area contributed by atoms with Gasteiger partial charge in [-0.25, -0.2) is 9.79 Å². The number of anilines is 1. The molecule has 35 heavy (non-hydrogen) atoms. The minimum Gasteiger partial charge on any atom is -0.306 e. The van der Waals surface area contributed by atoms with Gasteiger partial charge in [-0.15, -0.1) is 11.8 Å². The minimum atomic E-state index is -4.22. The van der Waals surface area contributed by atoms with Gasteiger partial charge in [0.05, 0.1) is 16.4 Å². The first-order valence-electron chi connectivity index (χ1n) is 10.7. The summed E-state index contributed by atoms with van der Waals surface area (Å²) in [6, 6.07) is 12.2. The second kappa shape index (κ2) is 14.9. The van der Waals surface area contributed by atoms with Crippen molar-refractivity contribution in [1.29, 1.82) is 0 Å². The van der Waals surface area contributed by atoms with Gasteiger partial charge >= 0.3 is 12.2 Å². The maximum atomic E-state index is 12.0. The summed E-state index contributed by atoms with van der Waals surface area (Å²) in [6.45, 7) is 6.80. The number of hydrogen-bond donors (Lipinski definition) is 1. The van der Waals surface area contributed by atoms with Crippen LogP contribution in [0.3, 0.4) is 0 Å². The van der Waals surface area contributed by atoms with Gasteiger partial charge in [-0.1, -0.05) is 25.1 Å². The third kappa shape index (κ3) is 11.1. The van der Waals surface area contributed by atoms with Gasteiger partial charge in [-0.05, 0) is 56.7 Å². The average molecular weight is 507 g/mol. The maximum absolute atomic E-state index is 12.0. The van der Waals surface area contributed by atoms with Gasteiger partial charge in [0, 0.05) is 30.9 Å². The number of rotatable bonds is 5. The van der Waals surface area contributed by atoms with E-state index in [0.717, 1.165) is 11.6 Å². The van der Waals surface area contributed by atoms with Crippen molar-refractivity contribution in [1.82, 2.24) is 0 Å². The fourth-order valence-corrected chi connectivity index (χ4v) is 3.31. The first-order valence-corrected chi connectivity index (χ1v) is 11.7. The average Bonchev–Trinajstić information content (AvgIpc) is 2.81. The molecule has 0 bridgehead atoms. The summed E-state index contributed by atoms with van der Waals surface area (Å²) in [4.78, 5) is 35.3. The van der Waals surface area contributed by atoms with E-state index in [-0.39, 0.29) is 11.3 Å². The highest BCUT2D eigenvalue weighted by molar-refractivity contribution is 8.14. The zero-order chi connectivity index (χ0) is 26.4. The summed E-state index contributed by atoms with van der Waals surface area (Å²) in [5.74, 6) is 1.10. The number of amides is 2. The van der Waals surface area contributed by atoms with E-state index in [1.165, 1.54) is 30.8 Å². The molecule has 0 aliphatic heterocycles. The Balaban J connectivity index is 0.000000462. The molecule has 0 saturated carbocycles. The van der Waals surface area contributed by atoms with E-state index in [9.17, 15) is 22.8 Å². The molecule has 0 aromatic heterocycles. The third-order valence-corrected chi connectivity index (χ3v) is 5.38. The molecular formula is C25H29F3N4O2S. The van der Waals surface area contributed by atoms with E-state index in [0.29, 0.717) is 28.7 Å². The molecule has 2 amide bonds. The first-order chi connectivity index (χ1) is 16.5. The number of aryl methyl sites for hydroxylation is 1. The molecule has 0 unspecified atom stereocenters. The van der Waals surface area contributed by atoms with Gasteiger partial charge in [0.2, 0.25) is 0 Å². The van der Waals surface area contributed by atoms with Crippen LogP contribution in [0.25, 0.3) is 0 Å². The van der Waals surface area contributed by atoms with Gasteiger partial charge in [0.1, 0.15) is 5.78 Å². The van der Waals surface area contributed by atoms with E-state index in [1.54, 1.807) is 38.4 Å². The zero-order valence-corrected chi connectivity index (χ0v) is 21.1. The molecule has 2 aromatic carbocycles. The number of hydrogen-bond acceptors (Lipinski definition) is 4. The number of urea groups is 1. The number of aliphatic imine (C=N–C) groups is 3. The second-order valence-electron chi connectivity index (χ2n) is 7.07. The molecule has 6 nitrogen and oxygen atoms in total. The van der Waals surface area contributed by atoms with Gasteiger partial charge in [0.15, 0.2) is 5.84 Å². The van der Waals surface area contributed by atoms with Crippen molar-refractivity contribution in [3.8, 4) is 0 Å². The largest absolute Gasteiger partial charge is 0.416 e. The Bertz CT molecular complexity index is 1080. The summed E-state index contributed by atoms with van der Waals surface area (Å²) in [5.41, 5.74) is 1.20. The number of nitrogens with zero attached hydrogens (tertiary/aromatic N) is 3. The van der Waals surface area contributed by atoms with Crippen LogP contribution in [0, 0.1) is 6.92 Å². The summed E-state index contributed by atoms with van der Waals surface area (Å²) >= 11 is 1.27. The van der Waals surface area contributed by atoms with Gasteiger partial charge < -0.3 is 5.32 Å². The Morgan fingerprint density at radius 2 is 1.71 bits per heavy atom. The lowest BCUT2D eigenvalue weighted by molar-refractivity contribution is -0.138. The molecule has 188 valence electrons. The number of halogens is 3. The van der Waals surface area contributed by atoms with Crippen LogP contribution in [-0.2, 0) is 11.0 Å². The topological polar surface area (TPSA) is 83.2 Å². The number of ketones is 1. The van der Waals surface area contributed by atoms with Gasteiger partial charge in [-0.2, -0.15) is 18.2 Å². The smallest absolute Gasteiger partial charge is 0.306 e. The molecule has 0 radical (unpaired) electrons. The lowest BCUT2D eigenvalue weighted by atomic mass is 10.1. The van der Waals surface area contributed by atoms with Crippen molar-refractivity contribution in [2.45, 2.75) is 40.3 Å². The molecule has 10 heteroatoms. The molecule has 0 spiro atoms. The van der Waals surface area contributed by atoms with E-state index in [4.69, 9.17) is 0 Å². The molecular weight excluding hydrogens is 477 g/mol. The predicted octanol–water partition coefficient (Wildman–Crippen LogP) is 6.83. The molecule has 0 aliphatic carbocycles. The molecule has 2 aromatic rings. The quantitative estimate of drug-likeness (QED) is 0.356. The number of carbonyl (C=O) groups excluding carboxylic acids is 2. The number of amidine groups is 1. The van der Waals surface area contributed by atoms with E-state index in [1.807, 2.05) is 26.0 Å². The number of alkyl halides is 3. The molecule has 1 N–H and O–H groups in total. The van der Waals surface area contributed by atoms with Crippen molar-refractivity contribution in [2.24, 2.45) is 15.0 Å². The monoisotopic (exact) mass is 506 g/mol. The normalized spacial score (nSPS) is 12.2. The highest BCUT2D eigenvalue weighted by Crippen LogP contribution is 2.31. The Labute approximate surface area is 207 Å². The highest BCUT2D eigenvalue weighted by Gasteiger charge is 2.31. The van der Waals surface area contributed by atoms with Crippen LogP contribution in [0.4, 0.5) is 23.7 Å². The zero-order valence-electron chi connectivity index (χ0n) is 20.3. The summed E-state index contributed by atoms with van der Waals surface area (Å²) in [6.07, 6.45) is -2.05. The van der Waals surface area contributed by atoms with Crippen LogP contribution in [0.1, 0.15) is 43.9 Å². The van der Waals surface area contributed by atoms with Crippen LogP contribution in [0.5, 0.6) is 0 Å². The highest BCUT2D eigenvalue weighted by atomic mass is 32.2. The fourth-order valence-electron chi connectivity index (χ4n) is 2.59. The van der Waals surface area contributed by atoms with Gasteiger partial charge in [0.25, 0.3) is 0 Å². The van der Waals surface area contributed by atoms with Crippen molar-refractivity contribution >= 4 is 46.4 Å². The molecule has 0 atom stereocenters. The predicted molar refractivity (Wildman–Crippen MR) is 139 cm³/mol. The Morgan fingerprint density at radius 3 is 2.20 bits per heavy atom. The number of benzene rings is 2. The Hall–Kier alpha value is -3.27. The summed E-state index contributed by atoms with van der Waals surface area (Å²) in [7, 11) is 1.68. The number of Topliss-reactive ketones (excluding diaryl/α,β-unsaturated/α-hetero) is 1. The van der Waals surface area contributed by atoms with E-state index < -0.39 is 17.8 Å². The van der Waals surface area contributed by atoms with Crippen LogP contribution in [0.15, 0.2) is 63.5 Å². The lowest BCUT2D eigenvalue weighted by Gasteiger charge is -2.08. The Morgan fingerprint density at radius 1 is 1.09 bits per heavy atom. The van der Waals surface area contributed by atoms with Crippen molar-refractivity contribution < 1.29 is 22.8 Å². The van der Waals surface area contributed by atoms with Crippen molar-refractivity contribution in [3.63, 3.8) is 0 Å². The SMILES string of the molecule is CC=NC(=NC)c1ccc(NC(=O)/N=C(/C)SCC(=O)CC)cc1.Cc1ccccc1C(F)(F)F. The lowest BCUT2D eigenvalue weighted by Crippen LogP contribution is -2.09. The van der Waals surface area contributed by atoms with Gasteiger partial charge in [-0.3, -0.25) is 9.79 Å². The molecule has 2 rings (SSSR count).